The van der Waals surface area contributed by atoms with Crippen molar-refractivity contribution in [2.75, 3.05) is 18.9 Å². The van der Waals surface area contributed by atoms with Crippen LogP contribution in [0.1, 0.15) is 25.7 Å². The van der Waals surface area contributed by atoms with Crippen LogP contribution < -0.4 is 10.1 Å². The number of ether oxygens (including phenoxy) is 1. The Kier molecular flexibility index (Phi) is 5.49. The number of nitrogens with zero attached hydrogens (tertiary/aromatic N) is 1. The largest absolute Gasteiger partial charge is 0.457 e. The molecule has 1 fully saturated rings. The van der Waals surface area contributed by atoms with E-state index in [1.807, 2.05) is 61.6 Å². The molecule has 4 nitrogen and oxygen atoms in total. The number of nitrogens with one attached hydrogen (secondary N) is 1. The summed E-state index contributed by atoms with van der Waals surface area (Å²) in [6, 6.07) is 17.7. The Morgan fingerprint density at radius 2 is 1.67 bits per heavy atom. The lowest BCUT2D eigenvalue weighted by Crippen LogP contribution is -2.36. The second-order valence-corrected chi connectivity index (χ2v) is 6.34. The third-order valence-electron chi connectivity index (χ3n) is 4.46. The zero-order chi connectivity index (χ0) is 16.8. The molecule has 0 unspecified atom stereocenters. The van der Waals surface area contributed by atoms with E-state index in [1.165, 1.54) is 25.7 Å². The highest BCUT2D eigenvalue weighted by molar-refractivity contribution is 5.92. The first kappa shape index (κ1) is 16.5. The Labute approximate surface area is 143 Å². The number of anilines is 1. The van der Waals surface area contributed by atoms with Gasteiger partial charge in [-0.25, -0.2) is 0 Å². The standard InChI is InChI=1S/C20H24N2O2/c1-22(17-7-5-6-8-17)15-20(23)21-16-11-13-19(14-12-16)24-18-9-3-2-4-10-18/h2-4,9-14,17H,5-8,15H2,1H3,(H,21,23). The Morgan fingerprint density at radius 1 is 1.04 bits per heavy atom. The number of benzene rings is 2. The number of carbonyl (C=O) groups excluding carboxylic acids is 1. The monoisotopic (exact) mass is 324 g/mol. The number of hydrogen-bond acceptors (Lipinski definition) is 3. The molecule has 0 aromatic heterocycles. The van der Waals surface area contributed by atoms with Crippen LogP contribution in [0.2, 0.25) is 0 Å². The fourth-order valence-electron chi connectivity index (χ4n) is 3.13. The van der Waals surface area contributed by atoms with Gasteiger partial charge < -0.3 is 10.1 Å². The van der Waals surface area contributed by atoms with E-state index in [1.54, 1.807) is 0 Å². The van der Waals surface area contributed by atoms with E-state index in [-0.39, 0.29) is 5.91 Å². The lowest BCUT2D eigenvalue weighted by molar-refractivity contribution is -0.117. The summed E-state index contributed by atoms with van der Waals surface area (Å²) < 4.78 is 5.75. The fraction of sp³-hybridized carbons (Fsp3) is 0.350. The van der Waals surface area contributed by atoms with Gasteiger partial charge in [0, 0.05) is 11.7 Å². The van der Waals surface area contributed by atoms with Crippen molar-refractivity contribution in [1.82, 2.24) is 4.90 Å². The minimum absolute atomic E-state index is 0.0288. The maximum atomic E-state index is 12.2. The van der Waals surface area contributed by atoms with Gasteiger partial charge in [-0.05, 0) is 56.3 Å². The maximum absolute atomic E-state index is 12.2. The lowest BCUT2D eigenvalue weighted by Gasteiger charge is -2.23. The van der Waals surface area contributed by atoms with Crippen LogP contribution in [-0.4, -0.2) is 30.4 Å². The second-order valence-electron chi connectivity index (χ2n) is 6.34. The first-order valence-electron chi connectivity index (χ1n) is 8.54. The molecule has 0 radical (unpaired) electrons. The molecule has 24 heavy (non-hydrogen) atoms. The lowest BCUT2D eigenvalue weighted by atomic mass is 10.2. The first-order chi connectivity index (χ1) is 11.7. The minimum Gasteiger partial charge on any atom is -0.457 e. The molecule has 1 saturated carbocycles. The van der Waals surface area contributed by atoms with Gasteiger partial charge in [-0.3, -0.25) is 9.69 Å². The number of carbonyl (C=O) groups is 1. The van der Waals surface area contributed by atoms with Gasteiger partial charge >= 0.3 is 0 Å². The Bertz CT molecular complexity index is 649. The Hall–Kier alpha value is -2.33. The topological polar surface area (TPSA) is 41.6 Å². The van der Waals surface area contributed by atoms with Crippen molar-refractivity contribution in [1.29, 1.82) is 0 Å². The van der Waals surface area contributed by atoms with Gasteiger partial charge in [0.25, 0.3) is 0 Å². The van der Waals surface area contributed by atoms with Crippen LogP contribution >= 0.6 is 0 Å². The first-order valence-corrected chi connectivity index (χ1v) is 8.54. The predicted octanol–water partition coefficient (Wildman–Crippen LogP) is 4.29. The molecule has 0 aliphatic heterocycles. The SMILES string of the molecule is CN(CC(=O)Nc1ccc(Oc2ccccc2)cc1)C1CCCC1. The summed E-state index contributed by atoms with van der Waals surface area (Å²) in [5.74, 6) is 1.58. The van der Waals surface area contributed by atoms with Crippen LogP contribution in [-0.2, 0) is 4.79 Å². The van der Waals surface area contributed by atoms with Crippen LogP contribution in [0.25, 0.3) is 0 Å². The zero-order valence-electron chi connectivity index (χ0n) is 14.1. The fourth-order valence-corrected chi connectivity index (χ4v) is 3.13. The average Bonchev–Trinajstić information content (AvgIpc) is 3.12. The highest BCUT2D eigenvalue weighted by Gasteiger charge is 2.21. The molecular formula is C20H24N2O2. The van der Waals surface area contributed by atoms with Crippen LogP contribution in [0.3, 0.4) is 0 Å². The van der Waals surface area contributed by atoms with Crippen molar-refractivity contribution in [2.45, 2.75) is 31.7 Å². The molecule has 3 rings (SSSR count). The van der Waals surface area contributed by atoms with E-state index in [9.17, 15) is 4.79 Å². The molecule has 4 heteroatoms. The van der Waals surface area contributed by atoms with Crippen LogP contribution in [0.5, 0.6) is 11.5 Å². The summed E-state index contributed by atoms with van der Waals surface area (Å²) in [5.41, 5.74) is 0.792. The van der Waals surface area contributed by atoms with E-state index in [0.717, 1.165) is 17.2 Å². The van der Waals surface area contributed by atoms with Gasteiger partial charge in [0.2, 0.25) is 5.91 Å². The van der Waals surface area contributed by atoms with Gasteiger partial charge in [-0.15, -0.1) is 0 Å². The van der Waals surface area contributed by atoms with Crippen molar-refractivity contribution >= 4 is 11.6 Å². The maximum Gasteiger partial charge on any atom is 0.238 e. The number of hydrogen-bond donors (Lipinski definition) is 1. The smallest absolute Gasteiger partial charge is 0.238 e. The quantitative estimate of drug-likeness (QED) is 0.862. The van der Waals surface area contributed by atoms with E-state index >= 15 is 0 Å². The van der Waals surface area contributed by atoms with Crippen LogP contribution in [0.15, 0.2) is 54.6 Å². The summed E-state index contributed by atoms with van der Waals surface area (Å²) in [6.45, 7) is 0.437. The molecule has 0 atom stereocenters. The predicted molar refractivity (Wildman–Crippen MR) is 96.5 cm³/mol. The van der Waals surface area contributed by atoms with E-state index < -0.39 is 0 Å². The summed E-state index contributed by atoms with van der Waals surface area (Å²) >= 11 is 0. The van der Waals surface area contributed by atoms with E-state index in [4.69, 9.17) is 4.74 Å². The van der Waals surface area contributed by atoms with Gasteiger partial charge in [0.15, 0.2) is 0 Å². The molecule has 2 aromatic rings. The second kappa shape index (κ2) is 7.97. The van der Waals surface area contributed by atoms with E-state index in [2.05, 4.69) is 10.2 Å². The minimum atomic E-state index is 0.0288. The van der Waals surface area contributed by atoms with Crippen molar-refractivity contribution in [2.24, 2.45) is 0 Å². The van der Waals surface area contributed by atoms with Crippen molar-refractivity contribution in [3.05, 3.63) is 54.6 Å². The molecule has 2 aromatic carbocycles. The highest BCUT2D eigenvalue weighted by Crippen LogP contribution is 2.23. The Morgan fingerprint density at radius 3 is 2.33 bits per heavy atom. The van der Waals surface area contributed by atoms with Gasteiger partial charge in [-0.1, -0.05) is 31.0 Å². The van der Waals surface area contributed by atoms with Gasteiger partial charge in [-0.2, -0.15) is 0 Å². The normalized spacial score (nSPS) is 14.8. The zero-order valence-corrected chi connectivity index (χ0v) is 14.1. The Balaban J connectivity index is 1.51. The summed E-state index contributed by atoms with van der Waals surface area (Å²) in [4.78, 5) is 14.3. The molecule has 1 aliphatic carbocycles. The molecule has 1 aliphatic rings. The number of rotatable bonds is 6. The molecule has 126 valence electrons. The van der Waals surface area contributed by atoms with Gasteiger partial charge in [0.05, 0.1) is 6.54 Å². The molecular weight excluding hydrogens is 300 g/mol. The average molecular weight is 324 g/mol. The molecule has 1 N–H and O–H groups in total. The molecule has 0 bridgehead atoms. The third kappa shape index (κ3) is 4.59. The van der Waals surface area contributed by atoms with Crippen molar-refractivity contribution in [3.8, 4) is 11.5 Å². The number of likely N-dealkylation sites (N-methyl/N-ethyl adjacent to an activating group) is 1. The molecule has 0 spiro atoms. The third-order valence-corrected chi connectivity index (χ3v) is 4.46. The van der Waals surface area contributed by atoms with Crippen molar-refractivity contribution < 1.29 is 9.53 Å². The summed E-state index contributed by atoms with van der Waals surface area (Å²) in [7, 11) is 2.03. The van der Waals surface area contributed by atoms with Crippen LogP contribution in [0.4, 0.5) is 5.69 Å². The van der Waals surface area contributed by atoms with Crippen LogP contribution in [0, 0.1) is 0 Å². The van der Waals surface area contributed by atoms with E-state index in [0.29, 0.717) is 12.6 Å². The molecule has 1 amide bonds. The van der Waals surface area contributed by atoms with Gasteiger partial charge in [0.1, 0.15) is 11.5 Å². The van der Waals surface area contributed by atoms with Crippen molar-refractivity contribution in [3.63, 3.8) is 0 Å². The highest BCUT2D eigenvalue weighted by atomic mass is 16.5. The molecule has 0 heterocycles. The summed E-state index contributed by atoms with van der Waals surface area (Å²) in [5, 5.41) is 2.95. The number of para-hydroxylation sites is 1. The summed E-state index contributed by atoms with van der Waals surface area (Å²) in [6.07, 6.45) is 4.96. The number of amides is 1. The molecule has 0 saturated heterocycles.